The highest BCUT2D eigenvalue weighted by atomic mass is 35.5. The highest BCUT2D eigenvalue weighted by molar-refractivity contribution is 5.86. The topological polar surface area (TPSA) is 123 Å². The van der Waals surface area contributed by atoms with Gasteiger partial charge in [0, 0.05) is 25.2 Å². The number of hydrogen-bond acceptors (Lipinski definition) is 6. The van der Waals surface area contributed by atoms with E-state index in [4.69, 9.17) is 32.4 Å². The maximum absolute atomic E-state index is 5.87. The van der Waals surface area contributed by atoms with Gasteiger partial charge >= 0.3 is 0 Å². The Morgan fingerprint density at radius 3 is 1.24 bits per heavy atom. The molecule has 0 spiro atoms. The number of rotatable bonds is 4. The minimum atomic E-state index is -0.964. The zero-order valence-electron chi connectivity index (χ0n) is 13.7. The second kappa shape index (κ2) is 11.1. The Morgan fingerprint density at radius 1 is 0.640 bits per heavy atom. The maximum atomic E-state index is 5.87. The molecule has 0 saturated heterocycles. The van der Waals surface area contributed by atoms with E-state index in [0.29, 0.717) is 34.2 Å². The van der Waals surface area contributed by atoms with Crippen LogP contribution in [0.3, 0.4) is 0 Å². The van der Waals surface area contributed by atoms with Gasteiger partial charge in [-0.15, -0.1) is 49.6 Å². The Hall–Kier alpha value is -1.60. The van der Waals surface area contributed by atoms with Crippen molar-refractivity contribution in [2.75, 3.05) is 22.9 Å². The second-order valence-corrected chi connectivity index (χ2v) is 5.20. The van der Waals surface area contributed by atoms with Crippen LogP contribution in [-0.2, 0) is 0 Å². The summed E-state index contributed by atoms with van der Waals surface area (Å²) in [4.78, 5) is 0. The van der Waals surface area contributed by atoms with Crippen LogP contribution in [0.25, 0.3) is 0 Å². The molecular formula is C15H24Cl4N4O2. The van der Waals surface area contributed by atoms with Crippen LogP contribution in [0.2, 0.25) is 0 Å². The molecule has 10 heteroatoms. The van der Waals surface area contributed by atoms with Gasteiger partial charge in [-0.1, -0.05) is 0 Å². The van der Waals surface area contributed by atoms with Crippen LogP contribution in [-0.4, -0.2) is 5.79 Å². The lowest BCUT2D eigenvalue weighted by Crippen LogP contribution is -2.35. The summed E-state index contributed by atoms with van der Waals surface area (Å²) in [6.07, 6.45) is 0. The van der Waals surface area contributed by atoms with Crippen LogP contribution in [0.5, 0.6) is 11.5 Å². The van der Waals surface area contributed by atoms with E-state index in [1.165, 1.54) is 0 Å². The number of anilines is 4. The predicted octanol–water partition coefficient (Wildman–Crippen LogP) is 3.90. The van der Waals surface area contributed by atoms with Gasteiger partial charge in [-0.25, -0.2) is 0 Å². The van der Waals surface area contributed by atoms with Crippen molar-refractivity contribution in [1.82, 2.24) is 0 Å². The fraction of sp³-hybridized carbons (Fsp3) is 0.200. The van der Waals surface area contributed by atoms with Gasteiger partial charge in [0.2, 0.25) is 5.79 Å². The highest BCUT2D eigenvalue weighted by Gasteiger charge is 2.24. The quantitative estimate of drug-likeness (QED) is 0.428. The Labute approximate surface area is 172 Å². The van der Waals surface area contributed by atoms with E-state index in [1.54, 1.807) is 50.2 Å². The van der Waals surface area contributed by atoms with Crippen LogP contribution >= 0.6 is 49.6 Å². The van der Waals surface area contributed by atoms with Crippen molar-refractivity contribution in [2.45, 2.75) is 19.6 Å². The molecular weight excluding hydrogens is 410 g/mol. The first-order valence-electron chi connectivity index (χ1n) is 6.45. The number of benzene rings is 2. The number of hydrogen-bond donors (Lipinski definition) is 4. The van der Waals surface area contributed by atoms with E-state index in [-0.39, 0.29) is 49.6 Å². The van der Waals surface area contributed by atoms with Crippen LogP contribution in [0.4, 0.5) is 22.7 Å². The molecule has 8 N–H and O–H groups in total. The van der Waals surface area contributed by atoms with Gasteiger partial charge in [-0.2, -0.15) is 0 Å². The van der Waals surface area contributed by atoms with Gasteiger partial charge < -0.3 is 32.4 Å². The van der Waals surface area contributed by atoms with Gasteiger partial charge in [0.25, 0.3) is 0 Å². The Balaban J connectivity index is -0.00000121. The summed E-state index contributed by atoms with van der Waals surface area (Å²) in [5.74, 6) is 0.0144. The average molecular weight is 434 g/mol. The first-order valence-corrected chi connectivity index (χ1v) is 6.45. The van der Waals surface area contributed by atoms with Gasteiger partial charge in [0.1, 0.15) is 11.5 Å². The van der Waals surface area contributed by atoms with E-state index in [9.17, 15) is 0 Å². The standard InChI is InChI=1S/C15H20N4O2.4ClH/c1-15(2,20-13-5-3-9(16)7-11(13)18)21-14-6-4-10(17)8-12(14)19;;;;/h3-8H,16-19H2,1-2H3;4*1H. The first-order chi connectivity index (χ1) is 9.77. The van der Waals surface area contributed by atoms with Gasteiger partial charge in [0.15, 0.2) is 0 Å². The Morgan fingerprint density at radius 2 is 0.960 bits per heavy atom. The van der Waals surface area contributed by atoms with Crippen molar-refractivity contribution in [2.24, 2.45) is 0 Å². The molecule has 0 bridgehead atoms. The molecule has 25 heavy (non-hydrogen) atoms. The van der Waals surface area contributed by atoms with Gasteiger partial charge in [-0.3, -0.25) is 0 Å². The van der Waals surface area contributed by atoms with Gasteiger partial charge in [-0.05, 0) is 36.4 Å². The molecule has 0 aliphatic heterocycles. The number of halogens is 4. The summed E-state index contributed by atoms with van der Waals surface area (Å²) >= 11 is 0. The molecule has 0 fully saturated rings. The van der Waals surface area contributed by atoms with Crippen molar-refractivity contribution in [3.63, 3.8) is 0 Å². The number of nitrogen functional groups attached to an aromatic ring is 4. The molecule has 6 nitrogen and oxygen atoms in total. The third-order valence-electron chi connectivity index (χ3n) is 2.78. The minimum absolute atomic E-state index is 0. The SMILES string of the molecule is CC(C)(Oc1ccc(N)cc1N)Oc1ccc(N)cc1N.Cl.Cl.Cl.Cl. The molecule has 2 aromatic rings. The third-order valence-corrected chi connectivity index (χ3v) is 2.78. The molecule has 2 rings (SSSR count). The zero-order chi connectivity index (χ0) is 15.6. The largest absolute Gasteiger partial charge is 0.451 e. The molecule has 0 heterocycles. The van der Waals surface area contributed by atoms with E-state index >= 15 is 0 Å². The average Bonchev–Trinajstić information content (AvgIpc) is 2.36. The highest BCUT2D eigenvalue weighted by Crippen LogP contribution is 2.31. The lowest BCUT2D eigenvalue weighted by Gasteiger charge is -2.28. The molecule has 0 aliphatic carbocycles. The fourth-order valence-electron chi connectivity index (χ4n) is 1.87. The lowest BCUT2D eigenvalue weighted by molar-refractivity contribution is -0.0799. The summed E-state index contributed by atoms with van der Waals surface area (Å²) in [7, 11) is 0. The molecule has 0 aromatic heterocycles. The molecule has 144 valence electrons. The van der Waals surface area contributed by atoms with E-state index in [2.05, 4.69) is 0 Å². The Kier molecular flexibility index (Phi) is 12.5. The smallest absolute Gasteiger partial charge is 0.246 e. The maximum Gasteiger partial charge on any atom is 0.246 e. The molecule has 0 amide bonds. The third kappa shape index (κ3) is 7.88. The predicted molar refractivity (Wildman–Crippen MR) is 115 cm³/mol. The van der Waals surface area contributed by atoms with E-state index < -0.39 is 5.79 Å². The van der Waals surface area contributed by atoms with Gasteiger partial charge in [0.05, 0.1) is 11.4 Å². The lowest BCUT2D eigenvalue weighted by atomic mass is 10.2. The van der Waals surface area contributed by atoms with Crippen molar-refractivity contribution in [3.8, 4) is 11.5 Å². The van der Waals surface area contributed by atoms with Crippen LogP contribution < -0.4 is 32.4 Å². The normalized spacial score (nSPS) is 9.36. The van der Waals surface area contributed by atoms with E-state index in [1.807, 2.05) is 0 Å². The van der Waals surface area contributed by atoms with E-state index in [0.717, 1.165) is 0 Å². The minimum Gasteiger partial charge on any atom is -0.451 e. The number of ether oxygens (including phenoxy) is 2. The molecule has 0 atom stereocenters. The van der Waals surface area contributed by atoms with Crippen molar-refractivity contribution in [3.05, 3.63) is 36.4 Å². The molecule has 2 aromatic carbocycles. The van der Waals surface area contributed by atoms with Crippen molar-refractivity contribution < 1.29 is 9.47 Å². The first kappa shape index (κ1) is 28.2. The zero-order valence-corrected chi connectivity index (χ0v) is 17.0. The van der Waals surface area contributed by atoms with Crippen LogP contribution in [0.1, 0.15) is 13.8 Å². The summed E-state index contributed by atoms with van der Waals surface area (Å²) in [5.41, 5.74) is 25.1. The summed E-state index contributed by atoms with van der Waals surface area (Å²) in [6.45, 7) is 3.52. The molecule has 0 radical (unpaired) electrons. The Bertz CT molecular complexity index is 616. The molecule has 0 aliphatic rings. The van der Waals surface area contributed by atoms with Crippen molar-refractivity contribution >= 4 is 72.4 Å². The van der Waals surface area contributed by atoms with Crippen LogP contribution in [0.15, 0.2) is 36.4 Å². The monoisotopic (exact) mass is 432 g/mol. The summed E-state index contributed by atoms with van der Waals surface area (Å²) in [6, 6.07) is 10.1. The summed E-state index contributed by atoms with van der Waals surface area (Å²) < 4.78 is 11.6. The van der Waals surface area contributed by atoms with Crippen LogP contribution in [0, 0.1) is 0 Å². The number of nitrogens with two attached hydrogens (primary N) is 4. The van der Waals surface area contributed by atoms with Crippen molar-refractivity contribution in [1.29, 1.82) is 0 Å². The second-order valence-electron chi connectivity index (χ2n) is 5.20. The summed E-state index contributed by atoms with van der Waals surface area (Å²) in [5, 5.41) is 0. The molecule has 0 saturated carbocycles. The fourth-order valence-corrected chi connectivity index (χ4v) is 1.87. The molecule has 0 unspecified atom stereocenters.